The van der Waals surface area contributed by atoms with E-state index in [4.69, 9.17) is 4.74 Å². The van der Waals surface area contributed by atoms with Crippen molar-refractivity contribution in [2.75, 3.05) is 13.7 Å². The average Bonchev–Trinajstić information content (AvgIpc) is 2.99. The summed E-state index contributed by atoms with van der Waals surface area (Å²) in [6, 6.07) is 9.63. The van der Waals surface area contributed by atoms with E-state index in [1.165, 1.54) is 30.6 Å². The fraction of sp³-hybridized carbons (Fsp3) is 0.231. The van der Waals surface area contributed by atoms with E-state index in [1.807, 2.05) is 5.38 Å². The molecule has 108 valence electrons. The van der Waals surface area contributed by atoms with E-state index in [1.54, 1.807) is 24.3 Å². The van der Waals surface area contributed by atoms with E-state index in [0.717, 1.165) is 4.88 Å². The molecule has 5 nitrogen and oxygen atoms in total. The summed E-state index contributed by atoms with van der Waals surface area (Å²) in [6.45, 7) is -0.0606. The lowest BCUT2D eigenvalue weighted by molar-refractivity contribution is 0.186. The standard InChI is InChI=1S/C13H15NO4S2/c1-18-10-4-6-11(7-5-10)20(16,17)14-9-12(15)13-3-2-8-19-13/h2-8,12,14-15H,9H2,1H3. The Morgan fingerprint density at radius 2 is 2.00 bits per heavy atom. The molecule has 2 N–H and O–H groups in total. The van der Waals surface area contributed by atoms with Crippen molar-refractivity contribution in [2.45, 2.75) is 11.0 Å². The van der Waals surface area contributed by atoms with Crippen LogP contribution in [-0.4, -0.2) is 27.2 Å². The van der Waals surface area contributed by atoms with Gasteiger partial charge in [0.1, 0.15) is 11.9 Å². The maximum absolute atomic E-state index is 12.0. The molecule has 0 saturated carbocycles. The molecule has 0 aliphatic heterocycles. The summed E-state index contributed by atoms with van der Waals surface area (Å²) >= 11 is 1.38. The van der Waals surface area contributed by atoms with Gasteiger partial charge in [-0.05, 0) is 35.7 Å². The average molecular weight is 313 g/mol. The number of rotatable bonds is 6. The van der Waals surface area contributed by atoms with Crippen molar-refractivity contribution in [3.63, 3.8) is 0 Å². The van der Waals surface area contributed by atoms with E-state index < -0.39 is 16.1 Å². The third-order valence-corrected chi connectivity index (χ3v) is 5.12. The molecule has 2 rings (SSSR count). The van der Waals surface area contributed by atoms with Gasteiger partial charge in [-0.25, -0.2) is 13.1 Å². The highest BCUT2D eigenvalue weighted by Crippen LogP contribution is 2.19. The van der Waals surface area contributed by atoms with Gasteiger partial charge in [-0.3, -0.25) is 0 Å². The van der Waals surface area contributed by atoms with Crippen LogP contribution < -0.4 is 9.46 Å². The largest absolute Gasteiger partial charge is 0.497 e. The monoisotopic (exact) mass is 313 g/mol. The van der Waals surface area contributed by atoms with E-state index in [0.29, 0.717) is 5.75 Å². The lowest BCUT2D eigenvalue weighted by Crippen LogP contribution is -2.28. The highest BCUT2D eigenvalue weighted by molar-refractivity contribution is 7.89. The molecule has 7 heteroatoms. The smallest absolute Gasteiger partial charge is 0.240 e. The molecule has 0 bridgehead atoms. The first-order valence-corrected chi connectivity index (χ1v) is 8.24. The number of hydrogen-bond acceptors (Lipinski definition) is 5. The van der Waals surface area contributed by atoms with Gasteiger partial charge < -0.3 is 9.84 Å². The molecule has 0 saturated heterocycles. The summed E-state index contributed by atoms with van der Waals surface area (Å²) in [6.07, 6.45) is -0.844. The third-order valence-electron chi connectivity index (χ3n) is 2.71. The molecule has 0 aliphatic carbocycles. The van der Waals surface area contributed by atoms with Gasteiger partial charge >= 0.3 is 0 Å². The molecular formula is C13H15NO4S2. The van der Waals surface area contributed by atoms with Crippen LogP contribution in [0.1, 0.15) is 11.0 Å². The third kappa shape index (κ3) is 3.57. The Labute approximate surface area is 121 Å². The molecule has 1 heterocycles. The first kappa shape index (κ1) is 15.0. The van der Waals surface area contributed by atoms with Crippen LogP contribution in [-0.2, 0) is 10.0 Å². The van der Waals surface area contributed by atoms with Crippen molar-refractivity contribution in [1.29, 1.82) is 0 Å². The summed E-state index contributed by atoms with van der Waals surface area (Å²) < 4.78 is 31.5. The molecule has 0 spiro atoms. The van der Waals surface area contributed by atoms with E-state index >= 15 is 0 Å². The Hall–Kier alpha value is -1.41. The SMILES string of the molecule is COc1ccc(S(=O)(=O)NCC(O)c2cccs2)cc1. The minimum absolute atomic E-state index is 0.0606. The molecule has 0 radical (unpaired) electrons. The van der Waals surface area contributed by atoms with Crippen LogP contribution in [0.3, 0.4) is 0 Å². The second-order valence-corrected chi connectivity index (χ2v) is 6.80. The maximum Gasteiger partial charge on any atom is 0.240 e. The van der Waals surface area contributed by atoms with Crippen LogP contribution in [0, 0.1) is 0 Å². The molecule has 1 unspecified atom stereocenters. The highest BCUT2D eigenvalue weighted by Gasteiger charge is 2.17. The zero-order chi connectivity index (χ0) is 14.6. The van der Waals surface area contributed by atoms with Crippen LogP contribution in [0.15, 0.2) is 46.7 Å². The minimum Gasteiger partial charge on any atom is -0.497 e. The number of hydrogen-bond donors (Lipinski definition) is 2. The number of methoxy groups -OCH3 is 1. The Balaban J connectivity index is 2.03. The molecule has 20 heavy (non-hydrogen) atoms. The minimum atomic E-state index is -3.63. The van der Waals surface area contributed by atoms with Gasteiger partial charge in [0.15, 0.2) is 0 Å². The summed E-state index contributed by atoms with van der Waals surface area (Å²) in [7, 11) is -2.12. The van der Waals surface area contributed by atoms with Gasteiger partial charge in [0.2, 0.25) is 10.0 Å². The van der Waals surface area contributed by atoms with Gasteiger partial charge in [0, 0.05) is 11.4 Å². The van der Waals surface area contributed by atoms with Crippen LogP contribution in [0.4, 0.5) is 0 Å². The lowest BCUT2D eigenvalue weighted by atomic mass is 10.3. The first-order valence-electron chi connectivity index (χ1n) is 5.88. The predicted molar refractivity (Wildman–Crippen MR) is 77.5 cm³/mol. The molecule has 1 atom stereocenters. The zero-order valence-corrected chi connectivity index (χ0v) is 12.4. The van der Waals surface area contributed by atoms with Gasteiger partial charge in [-0.15, -0.1) is 11.3 Å². The van der Waals surface area contributed by atoms with Gasteiger partial charge in [0.05, 0.1) is 12.0 Å². The van der Waals surface area contributed by atoms with Crippen LogP contribution in [0.2, 0.25) is 0 Å². The number of benzene rings is 1. The normalized spacial score (nSPS) is 13.1. The number of aliphatic hydroxyl groups is 1. The Morgan fingerprint density at radius 1 is 1.30 bits per heavy atom. The number of nitrogens with one attached hydrogen (secondary N) is 1. The van der Waals surface area contributed by atoms with Gasteiger partial charge in [0.25, 0.3) is 0 Å². The molecule has 0 amide bonds. The fourth-order valence-electron chi connectivity index (χ4n) is 1.61. The van der Waals surface area contributed by atoms with E-state index in [9.17, 15) is 13.5 Å². The summed E-state index contributed by atoms with van der Waals surface area (Å²) in [5.41, 5.74) is 0. The molecule has 1 aromatic carbocycles. The van der Waals surface area contributed by atoms with Gasteiger partial charge in [-0.2, -0.15) is 0 Å². The summed E-state index contributed by atoms with van der Waals surface area (Å²) in [5, 5.41) is 11.7. The second kappa shape index (κ2) is 6.36. The number of aliphatic hydroxyl groups excluding tert-OH is 1. The Bertz CT molecular complexity index is 636. The predicted octanol–water partition coefficient (Wildman–Crippen LogP) is 1.77. The van der Waals surface area contributed by atoms with E-state index in [-0.39, 0.29) is 11.4 Å². The molecule has 0 fully saturated rings. The Morgan fingerprint density at radius 3 is 2.55 bits per heavy atom. The first-order chi connectivity index (χ1) is 9.53. The zero-order valence-electron chi connectivity index (χ0n) is 10.8. The molecular weight excluding hydrogens is 298 g/mol. The van der Waals surface area contributed by atoms with Gasteiger partial charge in [-0.1, -0.05) is 6.07 Å². The second-order valence-electron chi connectivity index (χ2n) is 4.06. The maximum atomic E-state index is 12.0. The fourth-order valence-corrected chi connectivity index (χ4v) is 3.36. The molecule has 1 aromatic heterocycles. The quantitative estimate of drug-likeness (QED) is 0.852. The number of ether oxygens (including phenoxy) is 1. The van der Waals surface area contributed by atoms with Crippen molar-refractivity contribution >= 4 is 21.4 Å². The van der Waals surface area contributed by atoms with E-state index in [2.05, 4.69) is 4.72 Å². The van der Waals surface area contributed by atoms with Crippen molar-refractivity contribution < 1.29 is 18.3 Å². The molecule has 2 aromatic rings. The van der Waals surface area contributed by atoms with Crippen LogP contribution in [0.25, 0.3) is 0 Å². The van der Waals surface area contributed by atoms with Crippen molar-refractivity contribution in [3.05, 3.63) is 46.7 Å². The summed E-state index contributed by atoms with van der Waals surface area (Å²) in [4.78, 5) is 0.860. The molecule has 0 aliphatic rings. The van der Waals surface area contributed by atoms with Crippen molar-refractivity contribution in [1.82, 2.24) is 4.72 Å². The lowest BCUT2D eigenvalue weighted by Gasteiger charge is -2.11. The highest BCUT2D eigenvalue weighted by atomic mass is 32.2. The number of thiophene rings is 1. The Kier molecular flexibility index (Phi) is 4.77. The summed E-state index contributed by atoms with van der Waals surface area (Å²) in [5.74, 6) is 0.586. The van der Waals surface area contributed by atoms with Crippen molar-refractivity contribution in [2.24, 2.45) is 0 Å². The van der Waals surface area contributed by atoms with Crippen LogP contribution in [0.5, 0.6) is 5.75 Å². The topological polar surface area (TPSA) is 75.6 Å². The van der Waals surface area contributed by atoms with Crippen LogP contribution >= 0.6 is 11.3 Å². The number of sulfonamides is 1. The van der Waals surface area contributed by atoms with Crippen molar-refractivity contribution in [3.8, 4) is 5.75 Å².